The molecule has 1 atom stereocenters. The molecular formula is C13H20N4O2. The van der Waals surface area contributed by atoms with E-state index in [2.05, 4.69) is 36.4 Å². The molecule has 19 heavy (non-hydrogen) atoms. The molecule has 0 spiro atoms. The summed E-state index contributed by atoms with van der Waals surface area (Å²) in [7, 11) is 0. The fourth-order valence-corrected chi connectivity index (χ4v) is 1.25. The van der Waals surface area contributed by atoms with Crippen LogP contribution in [0.4, 0.5) is 5.69 Å². The predicted octanol–water partition coefficient (Wildman–Crippen LogP) is 2.59. The average Bonchev–Trinajstić information content (AvgIpc) is 2.28. The first-order chi connectivity index (χ1) is 8.79. The minimum Gasteiger partial charge on any atom is -0.363 e. The molecule has 0 saturated heterocycles. The molecule has 1 aromatic heterocycles. The molecule has 0 amide bonds. The van der Waals surface area contributed by atoms with E-state index < -0.39 is 4.92 Å². The molecule has 0 aromatic carbocycles. The molecule has 0 aliphatic rings. The van der Waals surface area contributed by atoms with Crippen LogP contribution in [0.1, 0.15) is 27.7 Å². The third-order valence-electron chi connectivity index (χ3n) is 2.86. The minimum absolute atomic E-state index is 0.00435. The van der Waals surface area contributed by atoms with Gasteiger partial charge in [-0.15, -0.1) is 0 Å². The molecule has 0 aliphatic heterocycles. The number of aromatic nitrogens is 1. The Balaban J connectivity index is 2.82. The number of nitrogens with zero attached hydrogens (tertiary/aromatic N) is 2. The lowest BCUT2D eigenvalue weighted by Crippen LogP contribution is -2.39. The summed E-state index contributed by atoms with van der Waals surface area (Å²) in [5.41, 5.74) is 0.743. The molecule has 104 valence electrons. The number of nitrogens with one attached hydrogen (secondary N) is 2. The molecule has 1 rings (SSSR count). The maximum absolute atomic E-state index is 10.7. The summed E-state index contributed by atoms with van der Waals surface area (Å²) in [6.07, 6.45) is 4.18. The fourth-order valence-electron chi connectivity index (χ4n) is 1.25. The lowest BCUT2D eigenvalue weighted by atomic mass is 9.88. The van der Waals surface area contributed by atoms with Crippen molar-refractivity contribution >= 4 is 5.69 Å². The van der Waals surface area contributed by atoms with E-state index in [9.17, 15) is 10.1 Å². The highest BCUT2D eigenvalue weighted by Gasteiger charge is 2.21. The van der Waals surface area contributed by atoms with Crippen molar-refractivity contribution in [2.75, 3.05) is 5.32 Å². The van der Waals surface area contributed by atoms with E-state index in [1.165, 1.54) is 0 Å². The Morgan fingerprint density at radius 1 is 1.42 bits per heavy atom. The first kappa shape index (κ1) is 14.9. The zero-order chi connectivity index (χ0) is 14.5. The molecule has 2 N–H and O–H groups in total. The van der Waals surface area contributed by atoms with E-state index in [0.29, 0.717) is 5.82 Å². The zero-order valence-corrected chi connectivity index (χ0v) is 11.7. The van der Waals surface area contributed by atoms with Gasteiger partial charge in [0.2, 0.25) is 0 Å². The maximum Gasteiger partial charge on any atom is 0.274 e. The maximum atomic E-state index is 10.7. The van der Waals surface area contributed by atoms with Crippen LogP contribution < -0.4 is 10.6 Å². The molecule has 1 heterocycles. The number of pyridine rings is 1. The van der Waals surface area contributed by atoms with Gasteiger partial charge in [-0.05, 0) is 24.5 Å². The number of anilines is 1. The van der Waals surface area contributed by atoms with Crippen LogP contribution >= 0.6 is 0 Å². The lowest BCUT2D eigenvalue weighted by molar-refractivity contribution is -0.403. The summed E-state index contributed by atoms with van der Waals surface area (Å²) in [6, 6.07) is 3.57. The summed E-state index contributed by atoms with van der Waals surface area (Å²) in [6.45, 7) is 8.20. The SMILES string of the molecule is CC(N/C(=C\[N+](=O)[O-])Nc1ccncc1)C(C)(C)C. The molecule has 0 fully saturated rings. The van der Waals surface area contributed by atoms with E-state index in [4.69, 9.17) is 0 Å². The van der Waals surface area contributed by atoms with Crippen molar-refractivity contribution in [1.29, 1.82) is 0 Å². The summed E-state index contributed by atoms with van der Waals surface area (Å²) in [4.78, 5) is 14.1. The summed E-state index contributed by atoms with van der Waals surface area (Å²) in [5.74, 6) is 0.360. The summed E-state index contributed by atoms with van der Waals surface area (Å²) in [5, 5.41) is 16.8. The van der Waals surface area contributed by atoms with Gasteiger partial charge in [-0.1, -0.05) is 20.8 Å². The Bertz CT molecular complexity index is 451. The molecule has 0 aliphatic carbocycles. The van der Waals surface area contributed by atoms with Gasteiger partial charge < -0.3 is 10.6 Å². The van der Waals surface area contributed by atoms with Gasteiger partial charge in [0.05, 0.1) is 4.92 Å². The third kappa shape index (κ3) is 5.37. The Labute approximate surface area is 113 Å². The van der Waals surface area contributed by atoms with E-state index in [-0.39, 0.29) is 11.5 Å². The van der Waals surface area contributed by atoms with Gasteiger partial charge in [0.25, 0.3) is 6.20 Å². The third-order valence-corrected chi connectivity index (χ3v) is 2.86. The Morgan fingerprint density at radius 3 is 2.47 bits per heavy atom. The number of rotatable bonds is 5. The highest BCUT2D eigenvalue weighted by atomic mass is 16.6. The monoisotopic (exact) mass is 264 g/mol. The first-order valence-electron chi connectivity index (χ1n) is 6.08. The Morgan fingerprint density at radius 2 is 2.00 bits per heavy atom. The predicted molar refractivity (Wildman–Crippen MR) is 75.0 cm³/mol. The molecule has 1 unspecified atom stereocenters. The minimum atomic E-state index is -0.480. The highest BCUT2D eigenvalue weighted by molar-refractivity contribution is 5.45. The molecule has 0 bridgehead atoms. The van der Waals surface area contributed by atoms with E-state index in [1.807, 2.05) is 6.92 Å². The van der Waals surface area contributed by atoms with E-state index in [1.54, 1.807) is 24.5 Å². The van der Waals surface area contributed by atoms with Gasteiger partial charge in [-0.2, -0.15) is 0 Å². The van der Waals surface area contributed by atoms with Crippen LogP contribution in [0.25, 0.3) is 0 Å². The average molecular weight is 264 g/mol. The standard InChI is InChI=1S/C13H20N4O2/c1-10(13(2,3)4)15-12(9-17(18)19)16-11-5-7-14-8-6-11/h5-10,15H,1-4H3,(H,14,16)/b12-9+. The second kappa shape index (κ2) is 6.17. The van der Waals surface area contributed by atoms with Gasteiger partial charge >= 0.3 is 0 Å². The van der Waals surface area contributed by atoms with E-state index >= 15 is 0 Å². The molecule has 0 radical (unpaired) electrons. The van der Waals surface area contributed by atoms with Gasteiger partial charge in [0, 0.05) is 24.1 Å². The van der Waals surface area contributed by atoms with Crippen molar-refractivity contribution in [3.05, 3.63) is 46.7 Å². The van der Waals surface area contributed by atoms with Crippen LogP contribution in [0.3, 0.4) is 0 Å². The van der Waals surface area contributed by atoms with Crippen molar-refractivity contribution in [2.45, 2.75) is 33.7 Å². The van der Waals surface area contributed by atoms with Gasteiger partial charge in [-0.3, -0.25) is 15.1 Å². The molecule has 1 aromatic rings. The van der Waals surface area contributed by atoms with Crippen molar-refractivity contribution in [3.8, 4) is 0 Å². The molecular weight excluding hydrogens is 244 g/mol. The van der Waals surface area contributed by atoms with Gasteiger partial charge in [-0.25, -0.2) is 0 Å². The van der Waals surface area contributed by atoms with Crippen LogP contribution in [0.5, 0.6) is 0 Å². The number of hydrogen-bond donors (Lipinski definition) is 2. The zero-order valence-electron chi connectivity index (χ0n) is 11.7. The summed E-state index contributed by atoms with van der Waals surface area (Å²) < 4.78 is 0. The molecule has 6 heteroatoms. The second-order valence-electron chi connectivity index (χ2n) is 5.42. The van der Waals surface area contributed by atoms with Crippen molar-refractivity contribution in [1.82, 2.24) is 10.3 Å². The quantitative estimate of drug-likeness (QED) is 0.631. The fraction of sp³-hybridized carbons (Fsp3) is 0.462. The Hall–Kier alpha value is -2.11. The molecule has 0 saturated carbocycles. The van der Waals surface area contributed by atoms with Crippen molar-refractivity contribution < 1.29 is 4.92 Å². The number of hydrogen-bond acceptors (Lipinski definition) is 5. The summed E-state index contributed by atoms with van der Waals surface area (Å²) >= 11 is 0. The highest BCUT2D eigenvalue weighted by Crippen LogP contribution is 2.20. The topological polar surface area (TPSA) is 80.1 Å². The lowest BCUT2D eigenvalue weighted by Gasteiger charge is -2.29. The van der Waals surface area contributed by atoms with Crippen LogP contribution in [0.2, 0.25) is 0 Å². The van der Waals surface area contributed by atoms with Crippen LogP contribution in [-0.2, 0) is 0 Å². The Kier molecular flexibility index (Phi) is 4.86. The van der Waals surface area contributed by atoms with Gasteiger partial charge in [0.15, 0.2) is 5.82 Å². The normalized spacial score (nSPS) is 13.8. The van der Waals surface area contributed by atoms with Gasteiger partial charge in [0.1, 0.15) is 0 Å². The second-order valence-corrected chi connectivity index (χ2v) is 5.42. The first-order valence-corrected chi connectivity index (χ1v) is 6.08. The largest absolute Gasteiger partial charge is 0.363 e. The van der Waals surface area contributed by atoms with Crippen LogP contribution in [-0.4, -0.2) is 15.9 Å². The smallest absolute Gasteiger partial charge is 0.274 e. The van der Waals surface area contributed by atoms with Crippen LogP contribution in [0.15, 0.2) is 36.5 Å². The van der Waals surface area contributed by atoms with Crippen molar-refractivity contribution in [2.24, 2.45) is 5.41 Å². The molecule has 6 nitrogen and oxygen atoms in total. The van der Waals surface area contributed by atoms with E-state index in [0.717, 1.165) is 11.9 Å². The van der Waals surface area contributed by atoms with Crippen molar-refractivity contribution in [3.63, 3.8) is 0 Å². The number of nitro groups is 1. The van der Waals surface area contributed by atoms with Crippen LogP contribution in [0, 0.1) is 15.5 Å².